The molecule has 8 nitrogen and oxygen atoms in total. The highest BCUT2D eigenvalue weighted by molar-refractivity contribution is 7.14. The number of aryl methyl sites for hydroxylation is 1. The Morgan fingerprint density at radius 2 is 1.97 bits per heavy atom. The minimum atomic E-state index is -0.571. The lowest BCUT2D eigenvalue weighted by atomic mass is 10.3. The molecule has 0 saturated carbocycles. The van der Waals surface area contributed by atoms with Crippen LogP contribution >= 0.6 is 11.3 Å². The standard InChI is InChI=1S/C20H20N2O6S/c1-13(23)21-10-8-14-6-7-18(29-14)16(24)12-27-19(25)9-11-22-15-4-2-3-5-17(15)28-20(22)26/h2-7H,8-12H2,1H3,(H,21,23). The number of hydrogen-bond donors (Lipinski definition) is 1. The molecule has 1 N–H and O–H groups in total. The van der Waals surface area contributed by atoms with Crippen LogP contribution in [0.4, 0.5) is 0 Å². The van der Waals surface area contributed by atoms with E-state index in [9.17, 15) is 19.2 Å². The van der Waals surface area contributed by atoms with E-state index in [1.54, 1.807) is 30.3 Å². The van der Waals surface area contributed by atoms with E-state index in [0.29, 0.717) is 28.9 Å². The Kier molecular flexibility index (Phi) is 6.61. The van der Waals surface area contributed by atoms with Crippen LogP contribution in [0.1, 0.15) is 27.9 Å². The van der Waals surface area contributed by atoms with Gasteiger partial charge in [0.15, 0.2) is 12.2 Å². The van der Waals surface area contributed by atoms with E-state index in [0.717, 1.165) is 4.88 Å². The third kappa shape index (κ3) is 5.41. The molecule has 3 aromatic rings. The van der Waals surface area contributed by atoms with Crippen LogP contribution in [-0.4, -0.2) is 35.4 Å². The molecule has 0 aliphatic rings. The lowest BCUT2D eigenvalue weighted by Gasteiger charge is -2.04. The maximum absolute atomic E-state index is 12.2. The second-order valence-corrected chi connectivity index (χ2v) is 7.49. The number of aromatic nitrogens is 1. The van der Waals surface area contributed by atoms with E-state index < -0.39 is 11.7 Å². The van der Waals surface area contributed by atoms with Gasteiger partial charge in [0.2, 0.25) is 11.7 Å². The quantitative estimate of drug-likeness (QED) is 0.423. The average molecular weight is 416 g/mol. The molecule has 1 aromatic carbocycles. The second kappa shape index (κ2) is 9.33. The number of carbonyl (C=O) groups is 3. The Balaban J connectivity index is 1.47. The first kappa shape index (κ1) is 20.5. The largest absolute Gasteiger partial charge is 0.457 e. The Bertz CT molecular complexity index is 1090. The summed E-state index contributed by atoms with van der Waals surface area (Å²) in [6.45, 7) is 1.70. The van der Waals surface area contributed by atoms with Crippen LogP contribution in [0.15, 0.2) is 45.6 Å². The molecule has 1 amide bonds. The van der Waals surface area contributed by atoms with Gasteiger partial charge in [-0.1, -0.05) is 12.1 Å². The van der Waals surface area contributed by atoms with Crippen molar-refractivity contribution in [2.75, 3.05) is 13.2 Å². The number of ketones is 1. The number of esters is 1. The Hall–Kier alpha value is -3.20. The minimum absolute atomic E-state index is 0.0525. The molecule has 0 saturated heterocycles. The van der Waals surface area contributed by atoms with Gasteiger partial charge in [-0.2, -0.15) is 0 Å². The van der Waals surface area contributed by atoms with E-state index in [2.05, 4.69) is 5.32 Å². The fourth-order valence-corrected chi connectivity index (χ4v) is 3.67. The second-order valence-electron chi connectivity index (χ2n) is 6.32. The zero-order valence-electron chi connectivity index (χ0n) is 15.8. The highest BCUT2D eigenvalue weighted by Crippen LogP contribution is 2.18. The topological polar surface area (TPSA) is 108 Å². The molecule has 29 heavy (non-hydrogen) atoms. The summed E-state index contributed by atoms with van der Waals surface area (Å²) in [7, 11) is 0. The number of fused-ring (bicyclic) bond motifs is 1. The van der Waals surface area contributed by atoms with Crippen molar-refractivity contribution in [3.8, 4) is 0 Å². The first-order valence-electron chi connectivity index (χ1n) is 9.04. The molecule has 0 aliphatic heterocycles. The zero-order chi connectivity index (χ0) is 20.8. The van der Waals surface area contributed by atoms with Crippen molar-refractivity contribution in [1.29, 1.82) is 0 Å². The summed E-state index contributed by atoms with van der Waals surface area (Å²) in [5, 5.41) is 2.70. The third-order valence-corrected chi connectivity index (χ3v) is 5.35. The number of benzene rings is 1. The van der Waals surface area contributed by atoms with E-state index in [1.807, 2.05) is 6.07 Å². The number of thiophene rings is 1. The molecule has 0 aliphatic carbocycles. The van der Waals surface area contributed by atoms with Crippen molar-refractivity contribution in [2.45, 2.75) is 26.3 Å². The van der Waals surface area contributed by atoms with Crippen LogP contribution in [0.3, 0.4) is 0 Å². The molecule has 0 fully saturated rings. The summed E-state index contributed by atoms with van der Waals surface area (Å²) >= 11 is 1.31. The van der Waals surface area contributed by atoms with Crippen LogP contribution in [0.5, 0.6) is 0 Å². The van der Waals surface area contributed by atoms with Gasteiger partial charge in [-0.3, -0.25) is 19.0 Å². The number of rotatable bonds is 9. The summed E-state index contributed by atoms with van der Waals surface area (Å²) < 4.78 is 11.5. The summed E-state index contributed by atoms with van der Waals surface area (Å²) in [5.74, 6) is -1.51. The smallest absolute Gasteiger partial charge is 0.419 e. The number of ether oxygens (including phenoxy) is 1. The van der Waals surface area contributed by atoms with E-state index in [4.69, 9.17) is 9.15 Å². The number of oxazole rings is 1. The lowest BCUT2D eigenvalue weighted by Crippen LogP contribution is -2.22. The first-order valence-corrected chi connectivity index (χ1v) is 9.86. The van der Waals surface area contributed by atoms with Gasteiger partial charge < -0.3 is 14.5 Å². The molecule has 9 heteroatoms. The summed E-state index contributed by atoms with van der Waals surface area (Å²) in [5.41, 5.74) is 1.06. The predicted octanol–water partition coefficient (Wildman–Crippen LogP) is 2.15. The average Bonchev–Trinajstić information content (AvgIpc) is 3.28. The van der Waals surface area contributed by atoms with E-state index in [-0.39, 0.29) is 31.3 Å². The molecule has 152 valence electrons. The molecule has 2 heterocycles. The van der Waals surface area contributed by atoms with E-state index in [1.165, 1.54) is 22.8 Å². The summed E-state index contributed by atoms with van der Waals surface area (Å²) in [4.78, 5) is 48.4. The fraction of sp³-hybridized carbons (Fsp3) is 0.300. The van der Waals surface area contributed by atoms with Crippen LogP contribution in [0, 0.1) is 0 Å². The number of carbonyl (C=O) groups excluding carboxylic acids is 3. The Labute approximate surface area is 170 Å². The van der Waals surface area contributed by atoms with Crippen molar-refractivity contribution in [1.82, 2.24) is 9.88 Å². The van der Waals surface area contributed by atoms with Gasteiger partial charge in [0.1, 0.15) is 0 Å². The lowest BCUT2D eigenvalue weighted by molar-refractivity contribution is -0.142. The number of para-hydroxylation sites is 2. The van der Waals surface area contributed by atoms with Gasteiger partial charge in [-0.15, -0.1) is 11.3 Å². The summed E-state index contributed by atoms with van der Waals surface area (Å²) in [6, 6.07) is 10.4. The molecule has 0 unspecified atom stereocenters. The molecule has 3 rings (SSSR count). The highest BCUT2D eigenvalue weighted by Gasteiger charge is 2.14. The van der Waals surface area contributed by atoms with Crippen molar-refractivity contribution in [3.63, 3.8) is 0 Å². The van der Waals surface area contributed by atoms with Crippen molar-refractivity contribution >= 4 is 40.1 Å². The highest BCUT2D eigenvalue weighted by atomic mass is 32.1. The number of amides is 1. The van der Waals surface area contributed by atoms with Gasteiger partial charge in [0.05, 0.1) is 16.8 Å². The van der Waals surface area contributed by atoms with Crippen molar-refractivity contribution in [3.05, 3.63) is 56.7 Å². The first-order chi connectivity index (χ1) is 13.9. The molecular weight excluding hydrogens is 396 g/mol. The zero-order valence-corrected chi connectivity index (χ0v) is 16.6. The van der Waals surface area contributed by atoms with Crippen molar-refractivity contribution in [2.24, 2.45) is 0 Å². The number of nitrogens with zero attached hydrogens (tertiary/aromatic N) is 1. The van der Waals surface area contributed by atoms with Gasteiger partial charge in [0.25, 0.3) is 0 Å². The monoisotopic (exact) mass is 416 g/mol. The maximum Gasteiger partial charge on any atom is 0.419 e. The van der Waals surface area contributed by atoms with Crippen LogP contribution in [0.25, 0.3) is 11.1 Å². The Morgan fingerprint density at radius 3 is 2.76 bits per heavy atom. The molecule has 0 radical (unpaired) electrons. The molecular formula is C20H20N2O6S. The fourth-order valence-electron chi connectivity index (χ4n) is 2.74. The van der Waals surface area contributed by atoms with Crippen LogP contribution in [0.2, 0.25) is 0 Å². The third-order valence-electron chi connectivity index (χ3n) is 4.16. The molecule has 2 aromatic heterocycles. The van der Waals surface area contributed by atoms with Crippen LogP contribution < -0.4 is 11.1 Å². The molecule has 0 atom stereocenters. The molecule has 0 spiro atoms. The van der Waals surface area contributed by atoms with Gasteiger partial charge >= 0.3 is 11.7 Å². The number of Topliss-reactive ketones (excluding diaryl/α,β-unsaturated/α-hetero) is 1. The van der Waals surface area contributed by atoms with Gasteiger partial charge in [0, 0.05) is 24.9 Å². The Morgan fingerprint density at radius 1 is 1.17 bits per heavy atom. The molecule has 0 bridgehead atoms. The number of nitrogens with one attached hydrogen (secondary N) is 1. The normalized spacial score (nSPS) is 10.8. The van der Waals surface area contributed by atoms with Crippen molar-refractivity contribution < 1.29 is 23.5 Å². The predicted molar refractivity (Wildman–Crippen MR) is 107 cm³/mol. The van der Waals surface area contributed by atoms with Gasteiger partial charge in [-0.25, -0.2) is 4.79 Å². The van der Waals surface area contributed by atoms with Crippen LogP contribution in [-0.2, 0) is 27.3 Å². The number of hydrogen-bond acceptors (Lipinski definition) is 7. The van der Waals surface area contributed by atoms with Gasteiger partial charge in [-0.05, 0) is 30.7 Å². The minimum Gasteiger partial charge on any atom is -0.457 e. The SMILES string of the molecule is CC(=O)NCCc1ccc(C(=O)COC(=O)CCn2c(=O)oc3ccccc32)s1. The maximum atomic E-state index is 12.2. The van der Waals surface area contributed by atoms with E-state index >= 15 is 0 Å². The summed E-state index contributed by atoms with van der Waals surface area (Å²) in [6.07, 6.45) is 0.577.